The maximum Gasteiger partial charge on any atom is 0.140 e. The first-order valence-corrected chi connectivity index (χ1v) is 10.5. The van der Waals surface area contributed by atoms with Crippen molar-refractivity contribution in [1.82, 2.24) is 4.98 Å². The van der Waals surface area contributed by atoms with Gasteiger partial charge >= 0.3 is 0 Å². The minimum atomic E-state index is -0.114. The Morgan fingerprint density at radius 1 is 0.867 bits per heavy atom. The van der Waals surface area contributed by atoms with Crippen molar-refractivity contribution in [2.24, 2.45) is 0 Å². The van der Waals surface area contributed by atoms with Crippen molar-refractivity contribution in [2.45, 2.75) is 33.1 Å². The summed E-state index contributed by atoms with van der Waals surface area (Å²) in [7, 11) is 0. The number of hydrogen-bond acceptors (Lipinski definition) is 2. The molecule has 0 radical (unpaired) electrons. The predicted octanol–water partition coefficient (Wildman–Crippen LogP) is 7.57. The molecule has 2 heteroatoms. The van der Waals surface area contributed by atoms with Crippen molar-refractivity contribution in [2.75, 3.05) is 0 Å². The van der Waals surface area contributed by atoms with E-state index >= 15 is 0 Å². The molecular weight excluding hydrogens is 366 g/mol. The molecule has 0 saturated carbocycles. The highest BCUT2D eigenvalue weighted by Crippen LogP contribution is 2.55. The number of furan rings is 1. The van der Waals surface area contributed by atoms with E-state index in [-0.39, 0.29) is 5.41 Å². The Morgan fingerprint density at radius 3 is 2.57 bits per heavy atom. The van der Waals surface area contributed by atoms with Crippen LogP contribution in [0.5, 0.6) is 0 Å². The Labute approximate surface area is 176 Å². The molecule has 0 N–H and O–H groups in total. The van der Waals surface area contributed by atoms with Gasteiger partial charge in [0.1, 0.15) is 11.3 Å². The van der Waals surface area contributed by atoms with E-state index in [2.05, 4.69) is 82.3 Å². The molecule has 1 aliphatic rings. The molecule has 2 nitrogen and oxygen atoms in total. The predicted molar refractivity (Wildman–Crippen MR) is 124 cm³/mol. The van der Waals surface area contributed by atoms with Crippen molar-refractivity contribution >= 4 is 21.7 Å². The maximum atomic E-state index is 6.43. The van der Waals surface area contributed by atoms with Crippen LogP contribution < -0.4 is 0 Å². The number of aryl methyl sites for hydroxylation is 2. The fourth-order valence-electron chi connectivity index (χ4n) is 5.28. The van der Waals surface area contributed by atoms with Crippen LogP contribution in [0.1, 0.15) is 36.1 Å². The fraction of sp³-hybridized carbons (Fsp3) is 0.179. The van der Waals surface area contributed by atoms with Crippen LogP contribution in [0.3, 0.4) is 0 Å². The highest BCUT2D eigenvalue weighted by atomic mass is 16.3. The van der Waals surface area contributed by atoms with E-state index in [1.165, 1.54) is 44.0 Å². The van der Waals surface area contributed by atoms with Gasteiger partial charge in [0, 0.05) is 39.1 Å². The topological polar surface area (TPSA) is 26.0 Å². The van der Waals surface area contributed by atoms with Gasteiger partial charge in [-0.05, 0) is 42.5 Å². The third kappa shape index (κ3) is 2.22. The minimum absolute atomic E-state index is 0.114. The summed E-state index contributed by atoms with van der Waals surface area (Å²) < 4.78 is 6.43. The molecule has 0 aliphatic heterocycles. The second kappa shape index (κ2) is 5.82. The van der Waals surface area contributed by atoms with Gasteiger partial charge in [0.05, 0.1) is 5.69 Å². The van der Waals surface area contributed by atoms with Gasteiger partial charge < -0.3 is 4.42 Å². The number of aromatic nitrogens is 1. The van der Waals surface area contributed by atoms with Crippen molar-refractivity contribution < 1.29 is 4.42 Å². The summed E-state index contributed by atoms with van der Waals surface area (Å²) in [5.74, 6) is 0.995. The molecule has 0 atom stereocenters. The number of benzene rings is 3. The molecule has 0 spiro atoms. The summed E-state index contributed by atoms with van der Waals surface area (Å²) in [6.45, 7) is 8.89. The van der Waals surface area contributed by atoms with E-state index < -0.39 is 0 Å². The Kier molecular flexibility index (Phi) is 3.39. The molecule has 30 heavy (non-hydrogen) atoms. The van der Waals surface area contributed by atoms with E-state index in [1.54, 1.807) is 0 Å². The summed E-state index contributed by atoms with van der Waals surface area (Å²) in [5, 5.41) is 3.65. The first-order valence-electron chi connectivity index (χ1n) is 10.5. The summed E-state index contributed by atoms with van der Waals surface area (Å²) >= 11 is 0. The van der Waals surface area contributed by atoms with Gasteiger partial charge in [-0.15, -0.1) is 0 Å². The van der Waals surface area contributed by atoms with Crippen molar-refractivity contribution in [3.05, 3.63) is 89.1 Å². The van der Waals surface area contributed by atoms with Crippen LogP contribution in [0.15, 0.2) is 71.3 Å². The van der Waals surface area contributed by atoms with E-state index in [1.807, 2.05) is 12.3 Å². The van der Waals surface area contributed by atoms with Crippen LogP contribution >= 0.6 is 0 Å². The zero-order valence-electron chi connectivity index (χ0n) is 17.7. The molecule has 1 aliphatic carbocycles. The van der Waals surface area contributed by atoms with Gasteiger partial charge in [-0.2, -0.15) is 0 Å². The lowest BCUT2D eigenvalue weighted by molar-refractivity contribution is 0.619. The van der Waals surface area contributed by atoms with Crippen LogP contribution in [0.25, 0.3) is 44.3 Å². The van der Waals surface area contributed by atoms with Crippen LogP contribution in [0.2, 0.25) is 0 Å². The van der Waals surface area contributed by atoms with E-state index in [4.69, 9.17) is 9.40 Å². The van der Waals surface area contributed by atoms with E-state index in [0.717, 1.165) is 22.6 Å². The number of pyridine rings is 1. The Bertz CT molecular complexity index is 1490. The number of hydrogen-bond donors (Lipinski definition) is 0. The van der Waals surface area contributed by atoms with Crippen LogP contribution in [-0.4, -0.2) is 4.98 Å². The average molecular weight is 389 g/mol. The molecule has 0 bridgehead atoms. The van der Waals surface area contributed by atoms with Crippen molar-refractivity contribution in [3.63, 3.8) is 0 Å². The zero-order valence-corrected chi connectivity index (χ0v) is 17.7. The summed E-state index contributed by atoms with van der Waals surface area (Å²) in [4.78, 5) is 4.88. The molecule has 0 unspecified atom stereocenters. The quantitative estimate of drug-likeness (QED) is 0.295. The molecule has 0 saturated heterocycles. The highest BCUT2D eigenvalue weighted by Gasteiger charge is 2.41. The van der Waals surface area contributed by atoms with E-state index in [0.29, 0.717) is 0 Å². The summed E-state index contributed by atoms with van der Waals surface area (Å²) in [6, 6.07) is 21.6. The monoisotopic (exact) mass is 389 g/mol. The molecule has 2 aromatic heterocycles. The molecule has 146 valence electrons. The Balaban J connectivity index is 1.67. The smallest absolute Gasteiger partial charge is 0.140 e. The second-order valence-electron chi connectivity index (χ2n) is 9.03. The molecule has 0 fully saturated rings. The SMILES string of the molecule is Cc1cc(C)c2cnc(-c3cccc4c3-c3oc5ccccc5c3C4(C)C)cc2c1. The van der Waals surface area contributed by atoms with Crippen molar-refractivity contribution in [3.8, 4) is 22.6 Å². The summed E-state index contributed by atoms with van der Waals surface area (Å²) in [5.41, 5.74) is 9.29. The third-order valence-electron chi connectivity index (χ3n) is 6.65. The van der Waals surface area contributed by atoms with E-state index in [9.17, 15) is 0 Å². The lowest BCUT2D eigenvalue weighted by Gasteiger charge is -2.21. The number of rotatable bonds is 1. The lowest BCUT2D eigenvalue weighted by Crippen LogP contribution is -2.14. The molecule has 5 aromatic rings. The largest absolute Gasteiger partial charge is 0.456 e. The van der Waals surface area contributed by atoms with Gasteiger partial charge in [0.2, 0.25) is 0 Å². The van der Waals surface area contributed by atoms with Crippen molar-refractivity contribution in [1.29, 1.82) is 0 Å². The highest BCUT2D eigenvalue weighted by molar-refractivity contribution is 5.99. The van der Waals surface area contributed by atoms with Gasteiger partial charge in [-0.1, -0.05) is 67.9 Å². The van der Waals surface area contributed by atoms with Gasteiger partial charge in [-0.25, -0.2) is 0 Å². The Morgan fingerprint density at radius 2 is 1.70 bits per heavy atom. The summed E-state index contributed by atoms with van der Waals surface area (Å²) in [6.07, 6.45) is 2.01. The number of fused-ring (bicyclic) bond motifs is 6. The van der Waals surface area contributed by atoms with Gasteiger partial charge in [0.15, 0.2) is 0 Å². The lowest BCUT2D eigenvalue weighted by atomic mass is 9.81. The van der Waals surface area contributed by atoms with Gasteiger partial charge in [0.25, 0.3) is 0 Å². The fourth-order valence-corrected chi connectivity index (χ4v) is 5.28. The van der Waals surface area contributed by atoms with Gasteiger partial charge in [-0.3, -0.25) is 4.98 Å². The minimum Gasteiger partial charge on any atom is -0.456 e. The molecule has 6 rings (SSSR count). The first-order chi connectivity index (χ1) is 14.4. The molecule has 2 heterocycles. The molecule has 0 amide bonds. The van der Waals surface area contributed by atoms with Crippen LogP contribution in [-0.2, 0) is 5.41 Å². The normalized spacial score (nSPS) is 14.3. The molecule has 3 aromatic carbocycles. The number of nitrogens with zero attached hydrogens (tertiary/aromatic N) is 1. The molecular formula is C28H23NO. The first kappa shape index (κ1) is 17.5. The average Bonchev–Trinajstić information content (AvgIpc) is 3.22. The number of para-hydroxylation sites is 1. The maximum absolute atomic E-state index is 6.43. The standard InChI is InChI=1S/C28H23NO/c1-16-12-17(2)21-15-29-23(14-18(21)13-16)19-9-7-10-22-25(19)27-26(28(22,3)4)20-8-5-6-11-24(20)30-27/h5-15H,1-4H3. The second-order valence-corrected chi connectivity index (χ2v) is 9.03. The zero-order chi connectivity index (χ0) is 20.6. The third-order valence-corrected chi connectivity index (χ3v) is 6.65. The Hall–Kier alpha value is -3.39. The van der Waals surface area contributed by atoms with Crippen LogP contribution in [0, 0.1) is 13.8 Å². The van der Waals surface area contributed by atoms with Crippen LogP contribution in [0.4, 0.5) is 0 Å².